The maximum Gasteiger partial charge on any atom is 0.397 e. The third-order valence-corrected chi connectivity index (χ3v) is 11.8. The van der Waals surface area contributed by atoms with Crippen LogP contribution in [0.25, 0.3) is 10.8 Å². The summed E-state index contributed by atoms with van der Waals surface area (Å²) >= 11 is 0. The van der Waals surface area contributed by atoms with Gasteiger partial charge in [0.15, 0.2) is 9.84 Å². The third kappa shape index (κ3) is 18.1. The van der Waals surface area contributed by atoms with Crippen LogP contribution in [0.4, 0.5) is 0 Å². The number of sulfone groups is 1. The average Bonchev–Trinajstić information content (AvgIpc) is 3.85. The first-order valence-corrected chi connectivity index (χ1v) is 22.7. The molecular formula is C37H52O12S4. The molecule has 1 aliphatic carbocycles. The van der Waals surface area contributed by atoms with Crippen LogP contribution < -0.4 is 0 Å². The molecule has 0 amide bonds. The lowest BCUT2D eigenvalue weighted by Gasteiger charge is -2.09. The number of rotatable bonds is 8. The minimum Gasteiger partial charge on any atom is -0.282 e. The van der Waals surface area contributed by atoms with Crippen molar-refractivity contribution in [1.82, 2.24) is 0 Å². The first-order valence-electron chi connectivity index (χ1n) is 16.8. The maximum atomic E-state index is 11.7. The Labute approximate surface area is 316 Å². The van der Waals surface area contributed by atoms with E-state index in [-0.39, 0.29) is 14.7 Å². The second-order valence-corrected chi connectivity index (χ2v) is 18.6. The highest BCUT2D eigenvalue weighted by Gasteiger charge is 2.17. The first-order chi connectivity index (χ1) is 24.3. The lowest BCUT2D eigenvalue weighted by Crippen LogP contribution is -2.15. The molecule has 0 heterocycles. The van der Waals surface area contributed by atoms with Crippen LogP contribution in [-0.2, 0) is 44.7 Å². The number of hydrogen-bond donors (Lipinski definition) is 3. The average molecular weight is 817 g/mol. The lowest BCUT2D eigenvalue weighted by molar-refractivity contribution is 0.284. The van der Waals surface area contributed by atoms with Gasteiger partial charge in [-0.1, -0.05) is 94.5 Å². The smallest absolute Gasteiger partial charge is 0.282 e. The van der Waals surface area contributed by atoms with Gasteiger partial charge in [-0.3, -0.25) is 13.7 Å². The predicted molar refractivity (Wildman–Crippen MR) is 209 cm³/mol. The number of unbranched alkanes of at least 4 members (excludes halogenated alkanes) is 1. The molecule has 296 valence electrons. The minimum atomic E-state index is -4.60. The Morgan fingerprint density at radius 3 is 1.53 bits per heavy atom. The number of hydrogen-bond acceptors (Lipinski definition) is 9. The lowest BCUT2D eigenvalue weighted by atomic mass is 10.0. The van der Waals surface area contributed by atoms with Gasteiger partial charge < -0.3 is 0 Å². The maximum absolute atomic E-state index is 11.7. The fourth-order valence-corrected chi connectivity index (χ4v) is 6.82. The summed E-state index contributed by atoms with van der Waals surface area (Å²) in [4.78, 5) is 0.0128. The van der Waals surface area contributed by atoms with Gasteiger partial charge in [0, 0.05) is 5.39 Å². The van der Waals surface area contributed by atoms with E-state index in [0.29, 0.717) is 5.39 Å². The summed E-state index contributed by atoms with van der Waals surface area (Å²) < 4.78 is 118. The largest absolute Gasteiger partial charge is 0.397 e. The normalized spacial score (nSPS) is 12.8. The predicted octanol–water partition coefficient (Wildman–Crippen LogP) is 8.06. The Morgan fingerprint density at radius 2 is 1.11 bits per heavy atom. The van der Waals surface area contributed by atoms with E-state index in [0.717, 1.165) is 39.1 Å². The van der Waals surface area contributed by atoms with Crippen molar-refractivity contribution < 1.29 is 51.5 Å². The summed E-state index contributed by atoms with van der Waals surface area (Å²) in [6.45, 7) is 15.3. The molecule has 4 aromatic carbocycles. The van der Waals surface area contributed by atoms with Crippen LogP contribution in [0, 0.1) is 40.5 Å². The SMILES string of the molecule is CC1CC1.CCCC.Cc1cc(S(=O)(=O)O)c2ccccc2c1C.Cc1ccc(S(=O)(=O)CCOS(=O)(=O)O)cc1.Cc1ccc(S(=O)(=O)O)cc1C. The van der Waals surface area contributed by atoms with Crippen molar-refractivity contribution in [2.45, 2.75) is 95.8 Å². The van der Waals surface area contributed by atoms with E-state index in [2.05, 4.69) is 25.0 Å². The topological polar surface area (TPSA) is 206 Å². The summed E-state index contributed by atoms with van der Waals surface area (Å²) in [6.07, 6.45) is 5.61. The molecule has 53 heavy (non-hydrogen) atoms. The quantitative estimate of drug-likeness (QED) is 0.144. The van der Waals surface area contributed by atoms with Gasteiger partial charge in [-0.05, 0) is 98.5 Å². The van der Waals surface area contributed by atoms with E-state index < -0.39 is 52.8 Å². The zero-order valence-electron chi connectivity index (χ0n) is 31.4. The Hall–Kier alpha value is -3.22. The molecule has 12 nitrogen and oxygen atoms in total. The molecule has 0 saturated heterocycles. The standard InChI is InChI=1S/C12H12O3S.C9H12O6S2.C8H10O3S.C4H8.C4H10/c1-8-7-12(16(13,14)15)11-6-4-3-5-10(11)9(8)2;1-8-2-4-9(5-3-8)16(10,11)7-6-15-17(12,13)14;1-6-3-4-8(5-7(6)2)12(9,10)11;1-4-2-3-4;1-3-4-2/h3-7H,1-2H3,(H,13,14,15);2-5H,6-7H2,1H3,(H,12,13,14);3-5H,1-2H3,(H,9,10,11);4H,2-3H2,1H3;3-4H2,1-2H3. The molecule has 0 aromatic heterocycles. The molecule has 4 aromatic rings. The zero-order chi connectivity index (χ0) is 40.8. The van der Waals surface area contributed by atoms with Gasteiger partial charge in [-0.15, -0.1) is 0 Å². The molecule has 1 aliphatic rings. The molecule has 16 heteroatoms. The fourth-order valence-electron chi connectivity index (χ4n) is 3.99. The highest BCUT2D eigenvalue weighted by atomic mass is 32.3. The second kappa shape index (κ2) is 21.0. The number of benzene rings is 4. The number of fused-ring (bicyclic) bond motifs is 1. The first kappa shape index (κ1) is 47.8. The van der Waals surface area contributed by atoms with Crippen molar-refractivity contribution in [1.29, 1.82) is 0 Å². The van der Waals surface area contributed by atoms with Crippen LogP contribution in [0.15, 0.2) is 87.5 Å². The molecule has 3 N–H and O–H groups in total. The van der Waals surface area contributed by atoms with Gasteiger partial charge in [0.1, 0.15) is 4.90 Å². The van der Waals surface area contributed by atoms with Gasteiger partial charge in [-0.25, -0.2) is 12.6 Å². The summed E-state index contributed by atoms with van der Waals surface area (Å²) in [5.74, 6) is 0.565. The van der Waals surface area contributed by atoms with Crippen molar-refractivity contribution in [2.75, 3.05) is 12.4 Å². The van der Waals surface area contributed by atoms with Gasteiger partial charge in [0.2, 0.25) is 0 Å². The van der Waals surface area contributed by atoms with Crippen LogP contribution in [-0.4, -0.2) is 59.7 Å². The van der Waals surface area contributed by atoms with Crippen LogP contribution in [0.5, 0.6) is 0 Å². The van der Waals surface area contributed by atoms with Crippen LogP contribution in [0.3, 0.4) is 0 Å². The molecule has 0 atom stereocenters. The Morgan fingerprint density at radius 1 is 0.623 bits per heavy atom. The van der Waals surface area contributed by atoms with E-state index in [1.165, 1.54) is 56.0 Å². The van der Waals surface area contributed by atoms with E-state index in [1.807, 2.05) is 39.8 Å². The highest BCUT2D eigenvalue weighted by Crippen LogP contribution is 2.28. The summed E-state index contributed by atoms with van der Waals surface area (Å²) in [6, 6.07) is 19.3. The van der Waals surface area contributed by atoms with E-state index in [4.69, 9.17) is 9.11 Å². The molecule has 0 radical (unpaired) electrons. The van der Waals surface area contributed by atoms with Crippen molar-refractivity contribution in [3.05, 3.63) is 101 Å². The van der Waals surface area contributed by atoms with Crippen molar-refractivity contribution in [3.8, 4) is 0 Å². The van der Waals surface area contributed by atoms with Gasteiger partial charge >= 0.3 is 10.4 Å². The summed E-state index contributed by atoms with van der Waals surface area (Å²) in [5, 5.41) is 1.42. The highest BCUT2D eigenvalue weighted by molar-refractivity contribution is 7.91. The van der Waals surface area contributed by atoms with Crippen molar-refractivity contribution >= 4 is 51.2 Å². The molecule has 0 spiro atoms. The molecule has 1 saturated carbocycles. The Kier molecular flexibility index (Phi) is 19.0. The van der Waals surface area contributed by atoms with Crippen LogP contribution in [0.1, 0.15) is 74.3 Å². The van der Waals surface area contributed by atoms with Crippen LogP contribution in [0.2, 0.25) is 0 Å². The monoisotopic (exact) mass is 816 g/mol. The molecule has 0 aliphatic heterocycles. The van der Waals surface area contributed by atoms with E-state index >= 15 is 0 Å². The Bertz CT molecular complexity index is 2230. The summed E-state index contributed by atoms with van der Waals surface area (Å²) in [7, 11) is -16.4. The van der Waals surface area contributed by atoms with Gasteiger partial charge in [0.25, 0.3) is 20.2 Å². The summed E-state index contributed by atoms with van der Waals surface area (Å²) in [5.41, 5.74) is 4.65. The van der Waals surface area contributed by atoms with Gasteiger partial charge in [-0.2, -0.15) is 25.3 Å². The third-order valence-electron chi connectivity index (χ3n) is 7.92. The van der Waals surface area contributed by atoms with E-state index in [1.54, 1.807) is 37.3 Å². The zero-order valence-corrected chi connectivity index (χ0v) is 34.7. The minimum absolute atomic E-state index is 0.0220. The van der Waals surface area contributed by atoms with Gasteiger partial charge in [0.05, 0.1) is 22.2 Å². The second-order valence-electron chi connectivity index (χ2n) is 12.6. The van der Waals surface area contributed by atoms with Crippen LogP contribution >= 0.6 is 0 Å². The molecule has 0 unspecified atom stereocenters. The molecule has 1 fully saturated rings. The molecule has 0 bridgehead atoms. The molecular weight excluding hydrogens is 765 g/mol. The number of aryl methyl sites for hydroxylation is 5. The molecule has 5 rings (SSSR count). The van der Waals surface area contributed by atoms with Crippen molar-refractivity contribution in [2.24, 2.45) is 5.92 Å². The Balaban J connectivity index is 0.000000362. The van der Waals surface area contributed by atoms with Crippen molar-refractivity contribution in [3.63, 3.8) is 0 Å². The van der Waals surface area contributed by atoms with E-state index in [9.17, 15) is 38.2 Å². The fraction of sp³-hybridized carbons (Fsp3) is 0.405.